The molecular formula is C79H110N8O6. The van der Waals surface area contributed by atoms with E-state index in [1.165, 1.54) is 128 Å². The van der Waals surface area contributed by atoms with Crippen LogP contribution in [0.4, 0.5) is 0 Å². The number of hydrogen-bond acceptors (Lipinski definition) is 10. The molecule has 502 valence electrons. The van der Waals surface area contributed by atoms with Crippen LogP contribution in [-0.2, 0) is 56.8 Å². The normalized spacial score (nSPS) is 35.1. The van der Waals surface area contributed by atoms with Crippen molar-refractivity contribution in [1.29, 1.82) is 0 Å². The van der Waals surface area contributed by atoms with Gasteiger partial charge in [-0.05, 0) is 286 Å². The molecule has 6 aliphatic carbocycles. The number of nitrogens with two attached hydrogens (primary N) is 4. The largest absolute Gasteiger partial charge is 0.377 e. The number of likely N-dealkylation sites (tertiary alicyclic amines) is 4. The SMILES string of the molecule is C[C@H](C1CC1)N1CC[C@@]2(C)c3cc(C(N)=O)ccc3C[C@@H]1[C@@H]2C.C[C@H]1[C@H]2Cc3ccc(C(N)=O)cc3[C@]1(C)CCN2CC1CC1.C[C@H]1[C@H]2Cc3ccc(C(N)=O)cc3[C@]1(C)CCN2C[C@@H]1CCCO1.C[C@H]1[C@H]2Cc3ccc(C(N)=O)cc3[C@]1(C)CCN2C[C@H]1CCCO1. The smallest absolute Gasteiger partial charge is 0.248 e. The van der Waals surface area contributed by atoms with Crippen LogP contribution in [0.5, 0.6) is 0 Å². The summed E-state index contributed by atoms with van der Waals surface area (Å²) in [4.78, 5) is 57.2. The monoisotopic (exact) mass is 1270 g/mol. The zero-order valence-corrected chi connectivity index (χ0v) is 57.7. The van der Waals surface area contributed by atoms with Gasteiger partial charge in [0, 0.05) is 85.3 Å². The maximum atomic E-state index is 11.6. The van der Waals surface area contributed by atoms with Crippen molar-refractivity contribution in [2.24, 2.45) is 58.4 Å². The molecule has 4 amide bonds. The van der Waals surface area contributed by atoms with Crippen molar-refractivity contribution in [3.8, 4) is 0 Å². The van der Waals surface area contributed by atoms with Crippen molar-refractivity contribution >= 4 is 23.6 Å². The van der Waals surface area contributed by atoms with Crippen LogP contribution in [0.15, 0.2) is 72.8 Å². The van der Waals surface area contributed by atoms with E-state index in [0.717, 1.165) is 95.8 Å². The van der Waals surface area contributed by atoms with Gasteiger partial charge in [-0.1, -0.05) is 79.7 Å². The van der Waals surface area contributed by atoms with Gasteiger partial charge >= 0.3 is 0 Å². The van der Waals surface area contributed by atoms with E-state index in [9.17, 15) is 19.2 Å². The maximum absolute atomic E-state index is 11.6. The second kappa shape index (κ2) is 25.8. The lowest BCUT2D eigenvalue weighted by molar-refractivity contribution is -0.00667. The molecule has 16 rings (SSSR count). The van der Waals surface area contributed by atoms with Crippen molar-refractivity contribution in [2.75, 3.05) is 59.0 Å². The average Bonchev–Trinajstić information content (AvgIpc) is 1.15. The minimum Gasteiger partial charge on any atom is -0.377 e. The fourth-order valence-electron chi connectivity index (χ4n) is 20.2. The molecule has 4 aromatic rings. The van der Waals surface area contributed by atoms with Crippen molar-refractivity contribution in [3.63, 3.8) is 0 Å². The number of carbonyl (C=O) groups is 4. The van der Waals surface area contributed by atoms with Crippen LogP contribution in [0.1, 0.15) is 225 Å². The van der Waals surface area contributed by atoms with Crippen LogP contribution >= 0.6 is 0 Å². The summed E-state index contributed by atoms with van der Waals surface area (Å²) in [6, 6.07) is 27.6. The molecule has 6 saturated heterocycles. The third-order valence-electron chi connectivity index (χ3n) is 27.5. The molecule has 0 spiro atoms. The number of piperidine rings is 4. The zero-order valence-electron chi connectivity index (χ0n) is 57.7. The lowest BCUT2D eigenvalue weighted by atomic mass is 9.58. The summed E-state index contributed by atoms with van der Waals surface area (Å²) in [6.45, 7) is 31.4. The molecular weight excluding hydrogens is 1160 g/mol. The lowest BCUT2D eigenvalue weighted by Crippen LogP contribution is -2.60. The molecule has 93 heavy (non-hydrogen) atoms. The minimum atomic E-state index is -0.327. The Morgan fingerprint density at radius 1 is 0.441 bits per heavy atom. The first kappa shape index (κ1) is 66.1. The summed E-state index contributed by atoms with van der Waals surface area (Å²) >= 11 is 0. The third kappa shape index (κ3) is 12.5. The molecule has 14 heteroatoms. The Hall–Kier alpha value is -5.48. The third-order valence-corrected chi connectivity index (χ3v) is 27.5. The molecule has 6 aliphatic heterocycles. The van der Waals surface area contributed by atoms with Gasteiger partial charge in [0.15, 0.2) is 0 Å². The summed E-state index contributed by atoms with van der Waals surface area (Å²) in [6.07, 6.45) is 20.3. The zero-order chi connectivity index (χ0) is 65.6. The number of primary amides is 4. The van der Waals surface area contributed by atoms with E-state index < -0.39 is 0 Å². The summed E-state index contributed by atoms with van der Waals surface area (Å²) in [5, 5.41) is 0. The van der Waals surface area contributed by atoms with Gasteiger partial charge in [0.1, 0.15) is 0 Å². The van der Waals surface area contributed by atoms with Gasteiger partial charge in [-0.25, -0.2) is 0 Å². The Bertz CT molecular complexity index is 3370. The van der Waals surface area contributed by atoms with Gasteiger partial charge < -0.3 is 32.4 Å². The van der Waals surface area contributed by atoms with Gasteiger partial charge in [0.25, 0.3) is 0 Å². The van der Waals surface area contributed by atoms with E-state index in [1.807, 2.05) is 24.3 Å². The first-order valence-corrected chi connectivity index (χ1v) is 36.3. The number of ether oxygens (including phenoxy) is 2. The number of nitrogens with zero attached hydrogens (tertiary/aromatic N) is 4. The molecule has 0 radical (unpaired) electrons. The Labute approximate surface area is 555 Å². The number of carbonyl (C=O) groups excluding carboxylic acids is 4. The second-order valence-corrected chi connectivity index (χ2v) is 32.4. The Morgan fingerprint density at radius 3 is 1.05 bits per heavy atom. The Balaban J connectivity index is 0.000000113. The van der Waals surface area contributed by atoms with Crippen LogP contribution in [0.2, 0.25) is 0 Å². The topological polar surface area (TPSA) is 204 Å². The Morgan fingerprint density at radius 2 is 0.753 bits per heavy atom. The number of amides is 4. The number of benzene rings is 4. The molecule has 15 atom stereocenters. The molecule has 14 nitrogen and oxygen atoms in total. The van der Waals surface area contributed by atoms with E-state index in [4.69, 9.17) is 32.4 Å². The highest BCUT2D eigenvalue weighted by Gasteiger charge is 2.54. The highest BCUT2D eigenvalue weighted by Crippen LogP contribution is 2.54. The first-order chi connectivity index (χ1) is 44.4. The van der Waals surface area contributed by atoms with Crippen molar-refractivity contribution in [3.05, 3.63) is 140 Å². The predicted octanol–water partition coefficient (Wildman–Crippen LogP) is 10.8. The van der Waals surface area contributed by atoms with Crippen LogP contribution < -0.4 is 22.9 Å². The summed E-state index contributed by atoms with van der Waals surface area (Å²) in [5.74, 6) is 2.99. The lowest BCUT2D eigenvalue weighted by Gasteiger charge is -2.56. The highest BCUT2D eigenvalue weighted by atomic mass is 16.5. The minimum absolute atomic E-state index is 0.136. The van der Waals surface area contributed by atoms with E-state index in [0.29, 0.717) is 82.3 Å². The fraction of sp³-hybridized carbons (Fsp3) is 0.646. The van der Waals surface area contributed by atoms with Crippen molar-refractivity contribution in [1.82, 2.24) is 19.6 Å². The van der Waals surface area contributed by atoms with Gasteiger partial charge in [-0.2, -0.15) is 0 Å². The summed E-state index contributed by atoms with van der Waals surface area (Å²) in [5.41, 5.74) is 36.3. The molecule has 0 aromatic heterocycles. The summed E-state index contributed by atoms with van der Waals surface area (Å²) < 4.78 is 11.7. The fourth-order valence-corrected chi connectivity index (χ4v) is 20.2. The number of rotatable bonds is 12. The molecule has 8 bridgehead atoms. The van der Waals surface area contributed by atoms with Crippen molar-refractivity contribution < 1.29 is 28.7 Å². The molecule has 0 unspecified atom stereocenters. The van der Waals surface area contributed by atoms with Crippen LogP contribution in [-0.4, -0.2) is 145 Å². The highest BCUT2D eigenvalue weighted by molar-refractivity contribution is 5.95. The maximum Gasteiger partial charge on any atom is 0.248 e. The van der Waals surface area contributed by atoms with Crippen molar-refractivity contribution in [2.45, 2.75) is 229 Å². The Kier molecular flexibility index (Phi) is 18.4. The predicted molar refractivity (Wildman–Crippen MR) is 369 cm³/mol. The van der Waals surface area contributed by atoms with E-state index >= 15 is 0 Å². The van der Waals surface area contributed by atoms with Crippen LogP contribution in [0, 0.1) is 35.5 Å². The van der Waals surface area contributed by atoms with E-state index in [1.54, 1.807) is 0 Å². The van der Waals surface area contributed by atoms with E-state index in [-0.39, 0.29) is 45.3 Å². The molecule has 4 aromatic carbocycles. The average molecular weight is 1270 g/mol. The first-order valence-electron chi connectivity index (χ1n) is 36.3. The summed E-state index contributed by atoms with van der Waals surface area (Å²) in [7, 11) is 0. The van der Waals surface area contributed by atoms with Gasteiger partial charge in [-0.15, -0.1) is 0 Å². The molecule has 8 fully saturated rings. The van der Waals surface area contributed by atoms with Crippen LogP contribution in [0.3, 0.4) is 0 Å². The van der Waals surface area contributed by atoms with Crippen LogP contribution in [0.25, 0.3) is 0 Å². The van der Waals surface area contributed by atoms with Gasteiger partial charge in [0.2, 0.25) is 23.6 Å². The number of hydrogen-bond donors (Lipinski definition) is 4. The molecule has 8 N–H and O–H groups in total. The molecule has 6 heterocycles. The quantitative estimate of drug-likeness (QED) is 0.106. The second-order valence-electron chi connectivity index (χ2n) is 32.4. The van der Waals surface area contributed by atoms with Gasteiger partial charge in [0.05, 0.1) is 12.2 Å². The molecule has 2 saturated carbocycles. The van der Waals surface area contributed by atoms with Gasteiger partial charge in [-0.3, -0.25) is 38.8 Å². The van der Waals surface area contributed by atoms with E-state index in [2.05, 4.69) is 130 Å². The molecule has 12 aliphatic rings. The number of fused-ring (bicyclic) bond motifs is 16. The standard InChI is InChI=1S/2C20H28N2O2.C20H28N2O.C19H26N2O/c2*1-13-18-11-14-5-6-15(19(21)23)10-17(14)20(13,2)7-8-22(18)12-16-4-3-9-24-16;1-12-18-11-15-6-7-16(19(21)23)10-17(15)20(12,3)8-9-22(18)13(2)14-4-5-14;1-12-17-10-14-5-6-15(18(20)22)9-16(14)19(12,2)7-8-21(17)11-13-3-4-13/h2*5-6,10,13,16,18H,3-4,7-9,11-12H2,1-2H3,(H2,21,23);6-7,10,12-14,18H,4-5,8-9,11H2,1-3H3,(H2,21,23);5-6,9,12-13,17H,3-4,7-8,10-11H2,1-2H3,(H2,20,22)/t13-,16+,18+,20+;13-,16-,18+,20+;12-,13+,18+,20+;12-,17+,19+/m0000/s1.